The van der Waals surface area contributed by atoms with Crippen molar-refractivity contribution < 1.29 is 4.79 Å². The minimum atomic E-state index is -0.0631. The maximum atomic E-state index is 11.8. The molecule has 1 aromatic heterocycles. The lowest BCUT2D eigenvalue weighted by Crippen LogP contribution is -2.22. The lowest BCUT2D eigenvalue weighted by molar-refractivity contribution is 0.0824. The van der Waals surface area contributed by atoms with Gasteiger partial charge in [-0.1, -0.05) is 24.3 Å². The van der Waals surface area contributed by atoms with Crippen molar-refractivity contribution in [1.82, 2.24) is 9.88 Å². The summed E-state index contributed by atoms with van der Waals surface area (Å²) in [4.78, 5) is 17.5. The summed E-state index contributed by atoms with van der Waals surface area (Å²) in [5.41, 5.74) is 0.512. The number of hydrogen-bond acceptors (Lipinski definition) is 2. The summed E-state index contributed by atoms with van der Waals surface area (Å²) in [6.45, 7) is 0. The first kappa shape index (κ1) is 9.65. The van der Waals surface area contributed by atoms with Crippen LogP contribution in [0.3, 0.4) is 0 Å². The van der Waals surface area contributed by atoms with Gasteiger partial charge in [-0.15, -0.1) is 0 Å². The van der Waals surface area contributed by atoms with Crippen LogP contribution in [0.5, 0.6) is 0 Å². The lowest BCUT2D eigenvalue weighted by Gasteiger charge is -2.10. The van der Waals surface area contributed by atoms with Gasteiger partial charge < -0.3 is 4.90 Å². The molecule has 76 valence electrons. The number of hydrogen-bond donors (Lipinski definition) is 0. The van der Waals surface area contributed by atoms with Gasteiger partial charge in [-0.3, -0.25) is 9.78 Å². The largest absolute Gasteiger partial charge is 0.343 e. The molecule has 0 N–H and O–H groups in total. The van der Waals surface area contributed by atoms with Gasteiger partial charge in [0.2, 0.25) is 0 Å². The molecule has 0 radical (unpaired) electrons. The molecule has 0 unspecified atom stereocenters. The van der Waals surface area contributed by atoms with Crippen LogP contribution in [0.25, 0.3) is 10.8 Å². The molecule has 0 saturated heterocycles. The van der Waals surface area contributed by atoms with Gasteiger partial charge in [0, 0.05) is 25.7 Å². The molecule has 15 heavy (non-hydrogen) atoms. The lowest BCUT2D eigenvalue weighted by atomic mass is 10.1. The first-order valence-corrected chi connectivity index (χ1v) is 4.75. The minimum absolute atomic E-state index is 0.0631. The van der Waals surface area contributed by atoms with E-state index >= 15 is 0 Å². The number of nitrogens with zero attached hydrogens (tertiary/aromatic N) is 2. The van der Waals surface area contributed by atoms with E-state index in [1.807, 2.05) is 30.3 Å². The van der Waals surface area contributed by atoms with Crippen molar-refractivity contribution in [3.63, 3.8) is 0 Å². The highest BCUT2D eigenvalue weighted by Crippen LogP contribution is 2.16. The summed E-state index contributed by atoms with van der Waals surface area (Å²) >= 11 is 0. The van der Waals surface area contributed by atoms with Crippen molar-refractivity contribution in [2.45, 2.75) is 0 Å². The third kappa shape index (κ3) is 1.68. The van der Waals surface area contributed by atoms with Gasteiger partial charge in [-0.05, 0) is 11.5 Å². The zero-order valence-electron chi connectivity index (χ0n) is 8.77. The summed E-state index contributed by atoms with van der Waals surface area (Å²) in [5.74, 6) is -0.0631. The van der Waals surface area contributed by atoms with Gasteiger partial charge in [0.05, 0.1) is 0 Å². The molecule has 3 nitrogen and oxygen atoms in total. The number of carbonyl (C=O) groups excluding carboxylic acids is 1. The van der Waals surface area contributed by atoms with Crippen LogP contribution in [0.2, 0.25) is 0 Å². The van der Waals surface area contributed by atoms with E-state index in [4.69, 9.17) is 0 Å². The Balaban J connectivity index is 2.66. The average Bonchev–Trinajstić information content (AvgIpc) is 2.27. The predicted octanol–water partition coefficient (Wildman–Crippen LogP) is 1.94. The first-order valence-electron chi connectivity index (χ1n) is 4.75. The Morgan fingerprint density at radius 3 is 2.67 bits per heavy atom. The molecular formula is C12H12N2O. The Hall–Kier alpha value is -1.90. The molecule has 2 aromatic rings. The molecule has 1 amide bonds. The zero-order valence-corrected chi connectivity index (χ0v) is 8.77. The Morgan fingerprint density at radius 1 is 1.20 bits per heavy atom. The molecule has 1 aromatic carbocycles. The number of pyridine rings is 1. The maximum Gasteiger partial charge on any atom is 0.272 e. The second-order valence-electron chi connectivity index (χ2n) is 3.58. The van der Waals surface area contributed by atoms with E-state index in [1.54, 1.807) is 20.3 Å². The predicted molar refractivity (Wildman–Crippen MR) is 59.8 cm³/mol. The minimum Gasteiger partial charge on any atom is -0.343 e. The topological polar surface area (TPSA) is 33.2 Å². The van der Waals surface area contributed by atoms with E-state index in [0.717, 1.165) is 10.8 Å². The number of carbonyl (C=O) groups is 1. The smallest absolute Gasteiger partial charge is 0.272 e. The van der Waals surface area contributed by atoms with E-state index < -0.39 is 0 Å². The van der Waals surface area contributed by atoms with Gasteiger partial charge in [0.15, 0.2) is 0 Å². The number of fused-ring (bicyclic) bond motifs is 1. The highest BCUT2D eigenvalue weighted by Gasteiger charge is 2.12. The van der Waals surface area contributed by atoms with Crippen LogP contribution in [0.15, 0.2) is 36.5 Å². The Kier molecular flexibility index (Phi) is 2.37. The quantitative estimate of drug-likeness (QED) is 0.704. The van der Waals surface area contributed by atoms with Gasteiger partial charge >= 0.3 is 0 Å². The van der Waals surface area contributed by atoms with Crippen LogP contribution in [-0.2, 0) is 0 Å². The summed E-state index contributed by atoms with van der Waals surface area (Å²) in [6.07, 6.45) is 1.67. The van der Waals surface area contributed by atoms with Crippen molar-refractivity contribution in [3.8, 4) is 0 Å². The van der Waals surface area contributed by atoms with E-state index in [9.17, 15) is 4.79 Å². The molecule has 2 rings (SSSR count). The van der Waals surface area contributed by atoms with Crippen molar-refractivity contribution in [1.29, 1.82) is 0 Å². The Morgan fingerprint density at radius 2 is 1.93 bits per heavy atom. The summed E-state index contributed by atoms with van der Waals surface area (Å²) in [5, 5.41) is 1.94. The van der Waals surface area contributed by atoms with E-state index in [2.05, 4.69) is 4.98 Å². The number of aromatic nitrogens is 1. The second kappa shape index (κ2) is 3.69. The van der Waals surface area contributed by atoms with Gasteiger partial charge in [0.1, 0.15) is 5.69 Å². The number of amides is 1. The highest BCUT2D eigenvalue weighted by molar-refractivity contribution is 6.04. The SMILES string of the molecule is CN(C)C(=O)c1nccc2ccccc12. The molecule has 0 aliphatic rings. The third-order valence-electron chi connectivity index (χ3n) is 2.28. The maximum absolute atomic E-state index is 11.8. The normalized spacial score (nSPS) is 10.3. The van der Waals surface area contributed by atoms with E-state index in [-0.39, 0.29) is 5.91 Å². The molecule has 1 heterocycles. The fraction of sp³-hybridized carbons (Fsp3) is 0.167. The fourth-order valence-electron chi connectivity index (χ4n) is 1.50. The van der Waals surface area contributed by atoms with Crippen LogP contribution in [0, 0.1) is 0 Å². The molecular weight excluding hydrogens is 188 g/mol. The Labute approximate surface area is 88.3 Å². The molecule has 0 aliphatic carbocycles. The second-order valence-corrected chi connectivity index (χ2v) is 3.58. The molecule has 3 heteroatoms. The molecule has 0 bridgehead atoms. The highest BCUT2D eigenvalue weighted by atomic mass is 16.2. The van der Waals surface area contributed by atoms with Crippen LogP contribution >= 0.6 is 0 Å². The van der Waals surface area contributed by atoms with Gasteiger partial charge in [-0.2, -0.15) is 0 Å². The summed E-state index contributed by atoms with van der Waals surface area (Å²) < 4.78 is 0. The molecule has 0 atom stereocenters. The fourth-order valence-corrected chi connectivity index (χ4v) is 1.50. The standard InChI is InChI=1S/C12H12N2O/c1-14(2)12(15)11-10-6-4-3-5-9(10)7-8-13-11/h3-8H,1-2H3. The molecule has 0 fully saturated rings. The zero-order chi connectivity index (χ0) is 10.8. The average molecular weight is 200 g/mol. The first-order chi connectivity index (χ1) is 7.20. The van der Waals surface area contributed by atoms with Crippen LogP contribution < -0.4 is 0 Å². The Bertz CT molecular complexity index is 500. The van der Waals surface area contributed by atoms with E-state index in [1.165, 1.54) is 4.90 Å². The van der Waals surface area contributed by atoms with Crippen molar-refractivity contribution >= 4 is 16.7 Å². The summed E-state index contributed by atoms with van der Waals surface area (Å²) in [6, 6.07) is 9.66. The van der Waals surface area contributed by atoms with Gasteiger partial charge in [0.25, 0.3) is 5.91 Å². The molecule has 0 saturated carbocycles. The molecule has 0 aliphatic heterocycles. The van der Waals surface area contributed by atoms with Crippen LogP contribution in [0.4, 0.5) is 0 Å². The van der Waals surface area contributed by atoms with Crippen molar-refractivity contribution in [3.05, 3.63) is 42.2 Å². The van der Waals surface area contributed by atoms with E-state index in [0.29, 0.717) is 5.69 Å². The number of rotatable bonds is 1. The van der Waals surface area contributed by atoms with Crippen molar-refractivity contribution in [2.24, 2.45) is 0 Å². The number of benzene rings is 1. The van der Waals surface area contributed by atoms with Crippen LogP contribution in [0.1, 0.15) is 10.5 Å². The summed E-state index contributed by atoms with van der Waals surface area (Å²) in [7, 11) is 3.46. The molecule has 0 spiro atoms. The third-order valence-corrected chi connectivity index (χ3v) is 2.28. The monoisotopic (exact) mass is 200 g/mol. The van der Waals surface area contributed by atoms with Crippen LogP contribution in [-0.4, -0.2) is 29.9 Å². The van der Waals surface area contributed by atoms with Crippen molar-refractivity contribution in [2.75, 3.05) is 14.1 Å². The van der Waals surface area contributed by atoms with Gasteiger partial charge in [-0.25, -0.2) is 0 Å².